The number of rotatable bonds is 0. The van der Waals surface area contributed by atoms with Crippen molar-refractivity contribution in [2.24, 2.45) is 0 Å². The summed E-state index contributed by atoms with van der Waals surface area (Å²) in [6.07, 6.45) is -0.327. The summed E-state index contributed by atoms with van der Waals surface area (Å²) >= 11 is 0. The molecule has 0 aliphatic carbocycles. The Balaban J connectivity index is 2.62. The van der Waals surface area contributed by atoms with Crippen LogP contribution in [-0.2, 0) is 4.79 Å². The molecule has 2 nitrogen and oxygen atoms in total. The second-order valence-electron chi connectivity index (χ2n) is 3.72. The topological polar surface area (TPSA) is 17.1 Å². The van der Waals surface area contributed by atoms with Gasteiger partial charge in [-0.25, -0.2) is 13.6 Å². The molecule has 70 valence electrons. The summed E-state index contributed by atoms with van der Waals surface area (Å²) in [5.74, 6) is -2.57. The Morgan fingerprint density at radius 3 is 2.08 bits per heavy atom. The molecule has 12 heavy (non-hydrogen) atoms. The van der Waals surface area contributed by atoms with Gasteiger partial charge in [-0.1, -0.05) is 0 Å². The lowest BCUT2D eigenvalue weighted by Gasteiger charge is -2.37. The molecule has 0 N–H and O–H groups in total. The van der Waals surface area contributed by atoms with Gasteiger partial charge in [-0.05, 0) is 0 Å². The van der Waals surface area contributed by atoms with Gasteiger partial charge >= 0.3 is 5.91 Å². The van der Waals surface area contributed by atoms with E-state index in [1.165, 1.54) is 6.92 Å². The van der Waals surface area contributed by atoms with E-state index in [4.69, 9.17) is 0 Å². The van der Waals surface area contributed by atoms with Crippen LogP contribution in [0.3, 0.4) is 0 Å². The number of carbonyl (C=O) groups is 1. The summed E-state index contributed by atoms with van der Waals surface area (Å²) in [6, 6.07) is 0. The van der Waals surface area contributed by atoms with Gasteiger partial charge in [-0.2, -0.15) is 0 Å². The molecule has 0 aromatic heterocycles. The standard InChI is InChI=1S/C8H14F2NO/c1-7(12)11(2)5-3-8(9,10)4-6-11/h3-6H2,1-2H3/q+1. The van der Waals surface area contributed by atoms with Gasteiger partial charge in [0.15, 0.2) is 0 Å². The van der Waals surface area contributed by atoms with Crippen LogP contribution in [0.25, 0.3) is 0 Å². The number of piperidine rings is 1. The molecule has 1 heterocycles. The van der Waals surface area contributed by atoms with Crippen molar-refractivity contribution >= 4 is 5.91 Å². The predicted molar refractivity (Wildman–Crippen MR) is 40.8 cm³/mol. The molecule has 0 radical (unpaired) electrons. The summed E-state index contributed by atoms with van der Waals surface area (Å²) in [7, 11) is 1.72. The third-order valence-electron chi connectivity index (χ3n) is 2.70. The van der Waals surface area contributed by atoms with E-state index in [1.807, 2.05) is 0 Å². The van der Waals surface area contributed by atoms with Crippen LogP contribution in [0.1, 0.15) is 19.8 Å². The highest BCUT2D eigenvalue weighted by Crippen LogP contribution is 2.30. The fourth-order valence-electron chi connectivity index (χ4n) is 1.37. The van der Waals surface area contributed by atoms with E-state index >= 15 is 0 Å². The molecule has 1 saturated heterocycles. The summed E-state index contributed by atoms with van der Waals surface area (Å²) in [4.78, 5) is 11.1. The molecule has 1 aliphatic heterocycles. The van der Waals surface area contributed by atoms with Crippen molar-refractivity contribution in [1.29, 1.82) is 0 Å². The molecule has 0 atom stereocenters. The molecule has 1 aliphatic rings. The van der Waals surface area contributed by atoms with Crippen molar-refractivity contribution in [3.63, 3.8) is 0 Å². The van der Waals surface area contributed by atoms with E-state index in [9.17, 15) is 13.6 Å². The smallest absolute Gasteiger partial charge is 0.263 e. The zero-order chi connectivity index (χ0) is 9.41. The van der Waals surface area contributed by atoms with Gasteiger partial charge in [0.25, 0.3) is 5.92 Å². The first-order chi connectivity index (χ1) is 5.36. The second kappa shape index (κ2) is 2.76. The maximum absolute atomic E-state index is 12.7. The predicted octanol–water partition coefficient (Wildman–Crippen LogP) is 1.41. The van der Waals surface area contributed by atoms with E-state index in [0.717, 1.165) is 0 Å². The number of nitrogens with zero attached hydrogens (tertiary/aromatic N) is 1. The Bertz CT molecular complexity index is 193. The van der Waals surface area contributed by atoms with E-state index in [0.29, 0.717) is 0 Å². The molecule has 0 bridgehead atoms. The number of amides is 1. The first kappa shape index (κ1) is 9.58. The van der Waals surface area contributed by atoms with Crippen LogP contribution in [0.2, 0.25) is 0 Å². The maximum atomic E-state index is 12.7. The van der Waals surface area contributed by atoms with Crippen molar-refractivity contribution in [2.45, 2.75) is 25.7 Å². The minimum absolute atomic E-state index is 0.0227. The normalized spacial score (nSPS) is 26.7. The van der Waals surface area contributed by atoms with Gasteiger partial charge in [0.2, 0.25) is 0 Å². The van der Waals surface area contributed by atoms with Crippen LogP contribution in [0.15, 0.2) is 0 Å². The lowest BCUT2D eigenvalue weighted by Crippen LogP contribution is -2.55. The third-order valence-corrected chi connectivity index (χ3v) is 2.70. The second-order valence-corrected chi connectivity index (χ2v) is 3.72. The van der Waals surface area contributed by atoms with Crippen molar-refractivity contribution in [1.82, 2.24) is 0 Å². The Morgan fingerprint density at radius 2 is 1.75 bits per heavy atom. The first-order valence-electron chi connectivity index (χ1n) is 4.09. The molecule has 1 fully saturated rings. The van der Waals surface area contributed by atoms with Crippen molar-refractivity contribution in [3.05, 3.63) is 0 Å². The molecule has 4 heteroatoms. The molecule has 0 aromatic carbocycles. The summed E-state index contributed by atoms with van der Waals surface area (Å²) in [5, 5.41) is 0. The van der Waals surface area contributed by atoms with E-state index in [2.05, 4.69) is 0 Å². The Hall–Kier alpha value is -0.510. The fraction of sp³-hybridized carbons (Fsp3) is 0.875. The van der Waals surface area contributed by atoms with Gasteiger partial charge in [0, 0.05) is 0 Å². The molecular weight excluding hydrogens is 164 g/mol. The Morgan fingerprint density at radius 1 is 1.33 bits per heavy atom. The van der Waals surface area contributed by atoms with Crippen LogP contribution in [0, 0.1) is 0 Å². The number of likely N-dealkylation sites (tertiary alicyclic amines) is 1. The number of hydrogen-bond acceptors (Lipinski definition) is 1. The molecule has 1 rings (SSSR count). The molecule has 0 saturated carbocycles. The summed E-state index contributed by atoms with van der Waals surface area (Å²) in [6.45, 7) is 1.99. The van der Waals surface area contributed by atoms with Crippen LogP contribution in [-0.4, -0.2) is 36.4 Å². The minimum atomic E-state index is -2.55. The van der Waals surface area contributed by atoms with E-state index in [1.54, 1.807) is 7.05 Å². The maximum Gasteiger partial charge on any atom is 0.310 e. The van der Waals surface area contributed by atoms with Crippen molar-refractivity contribution in [3.8, 4) is 0 Å². The molecule has 0 aromatic rings. The highest BCUT2D eigenvalue weighted by molar-refractivity contribution is 5.65. The average molecular weight is 178 g/mol. The van der Waals surface area contributed by atoms with Gasteiger partial charge in [0.1, 0.15) is 0 Å². The molecular formula is C8H14F2NO+. The highest BCUT2D eigenvalue weighted by atomic mass is 19.3. The fourth-order valence-corrected chi connectivity index (χ4v) is 1.37. The summed E-state index contributed by atoms with van der Waals surface area (Å²) in [5.41, 5.74) is 0. The van der Waals surface area contributed by atoms with Crippen LogP contribution < -0.4 is 0 Å². The largest absolute Gasteiger partial charge is 0.310 e. The van der Waals surface area contributed by atoms with Gasteiger partial charge in [-0.15, -0.1) is 0 Å². The highest BCUT2D eigenvalue weighted by Gasteiger charge is 2.43. The SMILES string of the molecule is CC(=O)[N+]1(C)CCC(F)(F)CC1. The molecule has 0 spiro atoms. The summed E-state index contributed by atoms with van der Waals surface area (Å²) < 4.78 is 25.5. The average Bonchev–Trinajstić information content (AvgIpc) is 1.96. The van der Waals surface area contributed by atoms with Crippen molar-refractivity contribution in [2.75, 3.05) is 20.1 Å². The zero-order valence-electron chi connectivity index (χ0n) is 7.44. The molecule has 0 unspecified atom stereocenters. The molecule has 1 amide bonds. The van der Waals surface area contributed by atoms with Crippen molar-refractivity contribution < 1.29 is 18.1 Å². The monoisotopic (exact) mass is 178 g/mol. The number of quaternary nitrogens is 1. The number of hydrogen-bond donors (Lipinski definition) is 0. The Kier molecular flexibility index (Phi) is 2.21. The Labute approximate surface area is 70.8 Å². The van der Waals surface area contributed by atoms with Gasteiger partial charge in [0.05, 0.1) is 39.9 Å². The van der Waals surface area contributed by atoms with Crippen LogP contribution in [0.4, 0.5) is 8.78 Å². The van der Waals surface area contributed by atoms with Gasteiger partial charge in [-0.3, -0.25) is 4.48 Å². The van der Waals surface area contributed by atoms with Crippen LogP contribution in [0.5, 0.6) is 0 Å². The minimum Gasteiger partial charge on any atom is -0.263 e. The third kappa shape index (κ3) is 1.80. The first-order valence-corrected chi connectivity index (χ1v) is 4.09. The lowest BCUT2D eigenvalue weighted by atomic mass is 10.0. The van der Waals surface area contributed by atoms with E-state index in [-0.39, 0.29) is 36.3 Å². The van der Waals surface area contributed by atoms with Gasteiger partial charge < -0.3 is 0 Å². The number of carbonyl (C=O) groups excluding carboxylic acids is 1. The quantitative estimate of drug-likeness (QED) is 0.512. The zero-order valence-corrected chi connectivity index (χ0v) is 7.44. The number of halogens is 2. The number of alkyl halides is 2. The lowest BCUT2D eigenvalue weighted by molar-refractivity contribution is -0.842. The van der Waals surface area contributed by atoms with Crippen LogP contribution >= 0.6 is 0 Å². The van der Waals surface area contributed by atoms with E-state index < -0.39 is 5.92 Å².